The molecular weight excluding hydrogens is 446 g/mol. The first-order chi connectivity index (χ1) is 12.1. The molecule has 0 aliphatic heterocycles. The highest BCUT2D eigenvalue weighted by atomic mass is 79.9. The van der Waals surface area contributed by atoms with Crippen LogP contribution in [0.2, 0.25) is 0 Å². The third-order valence-electron chi connectivity index (χ3n) is 3.30. The van der Waals surface area contributed by atoms with Gasteiger partial charge in [-0.2, -0.15) is 0 Å². The fourth-order valence-electron chi connectivity index (χ4n) is 2.03. The summed E-state index contributed by atoms with van der Waals surface area (Å²) in [6.45, 7) is 3.64. The Kier molecular flexibility index (Phi) is 6.50. The lowest BCUT2D eigenvalue weighted by molar-refractivity contribution is -0.116. The highest BCUT2D eigenvalue weighted by Gasteiger charge is 2.18. The van der Waals surface area contributed by atoms with Gasteiger partial charge in [0.15, 0.2) is 5.13 Å². The molecular formula is C15H16BrN3O5S2. The second-order valence-corrected chi connectivity index (χ2v) is 8.40. The Hall–Kier alpha value is -1.82. The second kappa shape index (κ2) is 8.25. The van der Waals surface area contributed by atoms with E-state index in [1.54, 1.807) is 5.38 Å². The van der Waals surface area contributed by atoms with Crippen LogP contribution in [0.1, 0.15) is 29.9 Å². The van der Waals surface area contributed by atoms with Crippen molar-refractivity contribution in [2.45, 2.75) is 25.3 Å². The van der Waals surface area contributed by atoms with E-state index < -0.39 is 16.0 Å². The lowest BCUT2D eigenvalue weighted by Gasteiger charge is -2.14. The van der Waals surface area contributed by atoms with E-state index in [1.165, 1.54) is 35.3 Å². The molecule has 1 heterocycles. The number of carbonyl (C=O) groups is 2. The molecule has 1 aromatic carbocycles. The summed E-state index contributed by atoms with van der Waals surface area (Å²) in [5, 5.41) is 7.28. The molecule has 0 radical (unpaired) electrons. The highest BCUT2D eigenvalue weighted by Crippen LogP contribution is 2.23. The van der Waals surface area contributed by atoms with Crippen LogP contribution in [0, 0.1) is 0 Å². The van der Waals surface area contributed by atoms with Crippen molar-refractivity contribution in [3.8, 4) is 0 Å². The van der Waals surface area contributed by atoms with E-state index in [-0.39, 0.29) is 23.0 Å². The lowest BCUT2D eigenvalue weighted by atomic mass is 10.2. The van der Waals surface area contributed by atoms with Crippen molar-refractivity contribution >= 4 is 54.3 Å². The number of benzene rings is 1. The average Bonchev–Trinajstić information content (AvgIpc) is 3.00. The van der Waals surface area contributed by atoms with E-state index in [2.05, 4.69) is 20.9 Å². The smallest absolute Gasteiger partial charge is 0.339 e. The van der Waals surface area contributed by atoms with Gasteiger partial charge < -0.3 is 4.74 Å². The molecule has 11 heteroatoms. The summed E-state index contributed by atoms with van der Waals surface area (Å²) in [5.41, 5.74) is 0.516. The van der Waals surface area contributed by atoms with Crippen molar-refractivity contribution in [1.29, 1.82) is 0 Å². The number of carbonyl (C=O) groups excluding carboxylic acids is 2. The number of nitrogens with two attached hydrogens (primary N) is 1. The zero-order valence-electron chi connectivity index (χ0n) is 13.9. The molecule has 26 heavy (non-hydrogen) atoms. The molecule has 2 N–H and O–H groups in total. The number of aromatic nitrogens is 1. The summed E-state index contributed by atoms with van der Waals surface area (Å²) in [6, 6.07) is 3.83. The first-order valence-corrected chi connectivity index (χ1v) is 10.6. The van der Waals surface area contributed by atoms with Crippen LogP contribution in [0.5, 0.6) is 0 Å². The molecule has 140 valence electrons. The summed E-state index contributed by atoms with van der Waals surface area (Å²) in [7, 11) is -3.94. The van der Waals surface area contributed by atoms with E-state index in [4.69, 9.17) is 9.88 Å². The third kappa shape index (κ3) is 4.87. The van der Waals surface area contributed by atoms with Gasteiger partial charge >= 0.3 is 5.97 Å². The van der Waals surface area contributed by atoms with E-state index >= 15 is 0 Å². The number of nitrogens with zero attached hydrogens (tertiary/aromatic N) is 2. The molecule has 2 rings (SSSR count). The molecule has 8 nitrogen and oxygen atoms in total. The monoisotopic (exact) mass is 461 g/mol. The van der Waals surface area contributed by atoms with Crippen molar-refractivity contribution in [1.82, 2.24) is 4.98 Å². The molecule has 0 saturated carbocycles. The summed E-state index contributed by atoms with van der Waals surface area (Å²) in [6.07, 6.45) is 0. The first-order valence-electron chi connectivity index (χ1n) is 7.35. The summed E-state index contributed by atoms with van der Waals surface area (Å²) >= 11 is 4.44. The van der Waals surface area contributed by atoms with Crippen LogP contribution in [-0.4, -0.2) is 31.8 Å². The Morgan fingerprint density at radius 1 is 1.38 bits per heavy atom. The minimum absolute atomic E-state index is 0.0332. The molecule has 0 saturated heterocycles. The topological polar surface area (TPSA) is 120 Å². The van der Waals surface area contributed by atoms with Crippen LogP contribution in [0.4, 0.5) is 5.13 Å². The van der Waals surface area contributed by atoms with Crippen molar-refractivity contribution < 1.29 is 22.7 Å². The number of thiazole rings is 1. The van der Waals surface area contributed by atoms with E-state index in [1.807, 2.05) is 6.92 Å². The van der Waals surface area contributed by atoms with Gasteiger partial charge in [0.2, 0.25) is 15.9 Å². The zero-order chi connectivity index (χ0) is 19.5. The average molecular weight is 462 g/mol. The molecule has 1 aromatic heterocycles. The standard InChI is InChI=1S/C15H16BrN3O5S2/c1-3-19(9(2)20)15-18-10(8-25-15)7-24-14(21)12-6-11(26(17,22)23)4-5-13(12)16/h4-6,8H,3,7H2,1-2H3,(H2,17,22,23). The highest BCUT2D eigenvalue weighted by molar-refractivity contribution is 9.10. The molecule has 1 amide bonds. The fraction of sp³-hybridized carbons (Fsp3) is 0.267. The zero-order valence-corrected chi connectivity index (χ0v) is 17.2. The van der Waals surface area contributed by atoms with Gasteiger partial charge in [-0.05, 0) is 41.1 Å². The Bertz CT molecular complexity index is 943. The number of anilines is 1. The van der Waals surface area contributed by atoms with Crippen LogP contribution >= 0.6 is 27.3 Å². The second-order valence-electron chi connectivity index (χ2n) is 5.15. The molecule has 0 bridgehead atoms. The molecule has 0 spiro atoms. The van der Waals surface area contributed by atoms with Crippen molar-refractivity contribution in [3.63, 3.8) is 0 Å². The van der Waals surface area contributed by atoms with Gasteiger partial charge in [-0.1, -0.05) is 0 Å². The van der Waals surface area contributed by atoms with Crippen LogP contribution in [0.15, 0.2) is 32.9 Å². The molecule has 0 aliphatic carbocycles. The number of hydrogen-bond donors (Lipinski definition) is 1. The molecule has 2 aromatic rings. The van der Waals surface area contributed by atoms with Gasteiger partial charge in [0, 0.05) is 23.3 Å². The van der Waals surface area contributed by atoms with Gasteiger partial charge in [0.25, 0.3) is 0 Å². The number of esters is 1. The van der Waals surface area contributed by atoms with Crippen molar-refractivity contribution in [2.24, 2.45) is 5.14 Å². The van der Waals surface area contributed by atoms with Crippen LogP contribution in [-0.2, 0) is 26.2 Å². The summed E-state index contributed by atoms with van der Waals surface area (Å²) in [5.74, 6) is -0.857. The number of sulfonamides is 1. The number of primary sulfonamides is 1. The normalized spacial score (nSPS) is 11.2. The Labute approximate surface area is 163 Å². The Balaban J connectivity index is 2.12. The summed E-state index contributed by atoms with van der Waals surface area (Å²) < 4.78 is 28.4. The maximum Gasteiger partial charge on any atom is 0.339 e. The van der Waals surface area contributed by atoms with E-state index in [9.17, 15) is 18.0 Å². The maximum atomic E-state index is 12.2. The third-order valence-corrected chi connectivity index (χ3v) is 5.82. The van der Waals surface area contributed by atoms with Crippen molar-refractivity contribution in [3.05, 3.63) is 39.3 Å². The Morgan fingerprint density at radius 2 is 2.08 bits per heavy atom. The first kappa shape index (κ1) is 20.5. The Morgan fingerprint density at radius 3 is 2.65 bits per heavy atom. The van der Waals surface area contributed by atoms with Crippen LogP contribution in [0.25, 0.3) is 0 Å². The largest absolute Gasteiger partial charge is 0.456 e. The van der Waals surface area contributed by atoms with E-state index in [0.717, 1.165) is 6.07 Å². The molecule has 0 aliphatic rings. The quantitative estimate of drug-likeness (QED) is 0.658. The SMILES string of the molecule is CCN(C(C)=O)c1nc(COC(=O)c2cc(S(N)(=O)=O)ccc2Br)cs1. The minimum atomic E-state index is -3.94. The van der Waals surface area contributed by atoms with Crippen LogP contribution < -0.4 is 10.0 Å². The summed E-state index contributed by atoms with van der Waals surface area (Å²) in [4.78, 5) is 29.4. The maximum absolute atomic E-state index is 12.2. The minimum Gasteiger partial charge on any atom is -0.456 e. The molecule has 0 atom stereocenters. The van der Waals surface area contributed by atoms with Gasteiger partial charge in [-0.25, -0.2) is 23.3 Å². The van der Waals surface area contributed by atoms with Gasteiger partial charge in [-0.3, -0.25) is 9.69 Å². The van der Waals surface area contributed by atoms with Crippen molar-refractivity contribution in [2.75, 3.05) is 11.4 Å². The number of halogens is 1. The molecule has 0 fully saturated rings. The van der Waals surface area contributed by atoms with Gasteiger partial charge in [0.1, 0.15) is 6.61 Å². The predicted octanol–water partition coefficient (Wildman–Crippen LogP) is 2.28. The number of hydrogen-bond acceptors (Lipinski definition) is 7. The van der Waals surface area contributed by atoms with Crippen LogP contribution in [0.3, 0.4) is 0 Å². The number of ether oxygens (including phenoxy) is 1. The molecule has 0 unspecified atom stereocenters. The van der Waals surface area contributed by atoms with Gasteiger partial charge in [-0.15, -0.1) is 11.3 Å². The number of amides is 1. The fourth-order valence-corrected chi connectivity index (χ4v) is 3.90. The number of rotatable bonds is 6. The van der Waals surface area contributed by atoms with Gasteiger partial charge in [0.05, 0.1) is 16.2 Å². The lowest BCUT2D eigenvalue weighted by Crippen LogP contribution is -2.27. The predicted molar refractivity (Wildman–Crippen MR) is 100 cm³/mol. The van der Waals surface area contributed by atoms with E-state index in [0.29, 0.717) is 21.8 Å².